The summed E-state index contributed by atoms with van der Waals surface area (Å²) in [5.41, 5.74) is -0.271. The minimum atomic E-state index is -1.13. The van der Waals surface area contributed by atoms with Crippen LogP contribution in [0.1, 0.15) is 5.56 Å². The molecule has 2 aromatic rings. The summed E-state index contributed by atoms with van der Waals surface area (Å²) in [7, 11) is 0. The molecule has 0 saturated carbocycles. The van der Waals surface area contributed by atoms with Crippen molar-refractivity contribution in [3.05, 3.63) is 59.2 Å². The van der Waals surface area contributed by atoms with Gasteiger partial charge in [-0.3, -0.25) is 0 Å². The summed E-state index contributed by atoms with van der Waals surface area (Å²) >= 11 is 0. The van der Waals surface area contributed by atoms with E-state index in [2.05, 4.69) is 5.32 Å². The zero-order chi connectivity index (χ0) is 14.0. The molecule has 0 radical (unpaired) electrons. The highest BCUT2D eigenvalue weighted by atomic mass is 19.1. The van der Waals surface area contributed by atoms with Crippen LogP contribution >= 0.6 is 0 Å². The standard InChI is InChI=1S/C13H9F4NO/c14-8-2-1-3-9(15)12(8)18-6-7-4-10(16)13(19)11(17)5-7/h1-5,18-19H,6H2. The fraction of sp³-hybridized carbons (Fsp3) is 0.0769. The summed E-state index contributed by atoms with van der Waals surface area (Å²) in [6.07, 6.45) is 0. The lowest BCUT2D eigenvalue weighted by Gasteiger charge is -2.09. The van der Waals surface area contributed by atoms with Gasteiger partial charge in [0.2, 0.25) is 0 Å². The van der Waals surface area contributed by atoms with Crippen LogP contribution in [0.2, 0.25) is 0 Å². The fourth-order valence-electron chi connectivity index (χ4n) is 1.58. The van der Waals surface area contributed by atoms with Gasteiger partial charge in [-0.05, 0) is 29.8 Å². The molecule has 0 bridgehead atoms. The van der Waals surface area contributed by atoms with Crippen molar-refractivity contribution in [3.63, 3.8) is 0 Å². The van der Waals surface area contributed by atoms with Crippen LogP contribution in [0.3, 0.4) is 0 Å². The fourth-order valence-corrected chi connectivity index (χ4v) is 1.58. The van der Waals surface area contributed by atoms with Crippen molar-refractivity contribution in [2.24, 2.45) is 0 Å². The largest absolute Gasteiger partial charge is 0.503 e. The van der Waals surface area contributed by atoms with Gasteiger partial charge in [0.25, 0.3) is 0 Å². The number of rotatable bonds is 3. The third kappa shape index (κ3) is 2.78. The molecular formula is C13H9F4NO. The first-order valence-corrected chi connectivity index (χ1v) is 5.34. The average molecular weight is 271 g/mol. The van der Waals surface area contributed by atoms with Crippen LogP contribution in [0.15, 0.2) is 30.3 Å². The molecule has 2 aromatic carbocycles. The Morgan fingerprint density at radius 1 is 0.895 bits per heavy atom. The molecule has 100 valence electrons. The topological polar surface area (TPSA) is 32.3 Å². The Kier molecular flexibility index (Phi) is 3.59. The Labute approximate surface area is 106 Å². The van der Waals surface area contributed by atoms with Crippen molar-refractivity contribution < 1.29 is 22.7 Å². The minimum Gasteiger partial charge on any atom is -0.503 e. The van der Waals surface area contributed by atoms with Crippen molar-refractivity contribution in [1.82, 2.24) is 0 Å². The maximum atomic E-state index is 13.3. The van der Waals surface area contributed by atoms with Gasteiger partial charge in [0.05, 0.1) is 0 Å². The zero-order valence-electron chi connectivity index (χ0n) is 9.55. The Hall–Kier alpha value is -2.24. The second kappa shape index (κ2) is 5.17. The molecule has 19 heavy (non-hydrogen) atoms. The summed E-state index contributed by atoms with van der Waals surface area (Å²) in [6, 6.07) is 5.08. The molecule has 2 N–H and O–H groups in total. The van der Waals surface area contributed by atoms with Gasteiger partial charge < -0.3 is 10.4 Å². The molecule has 0 aliphatic rings. The van der Waals surface area contributed by atoms with E-state index >= 15 is 0 Å². The van der Waals surface area contributed by atoms with E-state index in [1.54, 1.807) is 0 Å². The van der Waals surface area contributed by atoms with E-state index in [1.165, 1.54) is 6.07 Å². The normalized spacial score (nSPS) is 10.5. The second-order valence-electron chi connectivity index (χ2n) is 3.86. The highest BCUT2D eigenvalue weighted by Crippen LogP contribution is 2.23. The van der Waals surface area contributed by atoms with E-state index in [0.717, 1.165) is 24.3 Å². The number of benzene rings is 2. The first-order valence-electron chi connectivity index (χ1n) is 5.34. The van der Waals surface area contributed by atoms with Crippen molar-refractivity contribution in [2.45, 2.75) is 6.54 Å². The molecule has 0 spiro atoms. The Morgan fingerprint density at radius 2 is 1.42 bits per heavy atom. The molecule has 0 aromatic heterocycles. The average Bonchev–Trinajstić information content (AvgIpc) is 2.35. The van der Waals surface area contributed by atoms with Crippen molar-refractivity contribution in [1.29, 1.82) is 0 Å². The van der Waals surface area contributed by atoms with Gasteiger partial charge in [-0.25, -0.2) is 17.6 Å². The number of aromatic hydroxyl groups is 1. The van der Waals surface area contributed by atoms with E-state index in [9.17, 15) is 17.6 Å². The maximum Gasteiger partial charge on any atom is 0.187 e. The number of nitrogens with one attached hydrogen (secondary N) is 1. The van der Waals surface area contributed by atoms with Gasteiger partial charge in [0.1, 0.15) is 17.3 Å². The number of anilines is 1. The van der Waals surface area contributed by atoms with Gasteiger partial charge in [-0.2, -0.15) is 0 Å². The molecule has 0 saturated heterocycles. The van der Waals surface area contributed by atoms with Crippen LogP contribution < -0.4 is 5.32 Å². The molecule has 2 rings (SSSR count). The summed E-state index contributed by atoms with van der Waals surface area (Å²) in [5.74, 6) is -4.96. The van der Waals surface area contributed by atoms with E-state index in [0.29, 0.717) is 0 Å². The third-order valence-corrected chi connectivity index (χ3v) is 2.51. The molecule has 0 heterocycles. The zero-order valence-corrected chi connectivity index (χ0v) is 9.55. The number of phenols is 1. The molecule has 0 amide bonds. The summed E-state index contributed by atoms with van der Waals surface area (Å²) < 4.78 is 52.7. The predicted octanol–water partition coefficient (Wildman–Crippen LogP) is 3.56. The Bertz CT molecular complexity index is 572. The van der Waals surface area contributed by atoms with E-state index in [1.807, 2.05) is 0 Å². The van der Waals surface area contributed by atoms with Crippen LogP contribution in [0.25, 0.3) is 0 Å². The van der Waals surface area contributed by atoms with Crippen molar-refractivity contribution in [3.8, 4) is 5.75 Å². The number of phenolic OH excluding ortho intramolecular Hbond substituents is 1. The molecule has 0 fully saturated rings. The smallest absolute Gasteiger partial charge is 0.187 e. The predicted molar refractivity (Wildman–Crippen MR) is 61.7 cm³/mol. The molecule has 6 heteroatoms. The van der Waals surface area contributed by atoms with Crippen LogP contribution in [-0.4, -0.2) is 5.11 Å². The van der Waals surface area contributed by atoms with Crippen molar-refractivity contribution in [2.75, 3.05) is 5.32 Å². The number of halogens is 4. The van der Waals surface area contributed by atoms with Gasteiger partial charge in [0.15, 0.2) is 17.4 Å². The first kappa shape index (κ1) is 13.2. The summed E-state index contributed by atoms with van der Waals surface area (Å²) in [5, 5.41) is 11.3. The lowest BCUT2D eigenvalue weighted by Crippen LogP contribution is -2.04. The van der Waals surface area contributed by atoms with Gasteiger partial charge in [0, 0.05) is 6.54 Å². The van der Waals surface area contributed by atoms with Gasteiger partial charge in [-0.15, -0.1) is 0 Å². The SMILES string of the molecule is Oc1c(F)cc(CNc2c(F)cccc2F)cc1F. The molecule has 0 aliphatic heterocycles. The quantitative estimate of drug-likeness (QED) is 0.836. The summed E-state index contributed by atoms with van der Waals surface area (Å²) in [6.45, 7) is -0.189. The number of hydrogen-bond donors (Lipinski definition) is 2. The van der Waals surface area contributed by atoms with Crippen LogP contribution in [0, 0.1) is 23.3 Å². The van der Waals surface area contributed by atoms with Crippen LogP contribution in [-0.2, 0) is 6.54 Å². The van der Waals surface area contributed by atoms with E-state index in [4.69, 9.17) is 5.11 Å². The van der Waals surface area contributed by atoms with E-state index in [-0.39, 0.29) is 17.8 Å². The molecule has 0 aliphatic carbocycles. The first-order chi connectivity index (χ1) is 8.99. The Balaban J connectivity index is 2.19. The highest BCUT2D eigenvalue weighted by Gasteiger charge is 2.11. The molecular weight excluding hydrogens is 262 g/mol. The number of hydrogen-bond acceptors (Lipinski definition) is 2. The number of para-hydroxylation sites is 1. The van der Waals surface area contributed by atoms with Crippen LogP contribution in [0.5, 0.6) is 5.75 Å². The lowest BCUT2D eigenvalue weighted by molar-refractivity contribution is 0.395. The van der Waals surface area contributed by atoms with Gasteiger partial charge >= 0.3 is 0 Å². The van der Waals surface area contributed by atoms with Crippen LogP contribution in [0.4, 0.5) is 23.2 Å². The van der Waals surface area contributed by atoms with Gasteiger partial charge in [-0.1, -0.05) is 6.07 Å². The third-order valence-electron chi connectivity index (χ3n) is 2.51. The molecule has 0 unspecified atom stereocenters. The molecule has 2 nitrogen and oxygen atoms in total. The lowest BCUT2D eigenvalue weighted by atomic mass is 10.2. The van der Waals surface area contributed by atoms with E-state index < -0.39 is 29.0 Å². The molecule has 0 atom stereocenters. The second-order valence-corrected chi connectivity index (χ2v) is 3.86. The monoisotopic (exact) mass is 271 g/mol. The highest BCUT2D eigenvalue weighted by molar-refractivity contribution is 5.46. The Morgan fingerprint density at radius 3 is 1.95 bits per heavy atom. The minimum absolute atomic E-state index is 0.107. The van der Waals surface area contributed by atoms with Crippen molar-refractivity contribution >= 4 is 5.69 Å². The summed E-state index contributed by atoms with van der Waals surface area (Å²) in [4.78, 5) is 0. The maximum absolute atomic E-state index is 13.3.